The Morgan fingerprint density at radius 2 is 1.78 bits per heavy atom. The fourth-order valence-corrected chi connectivity index (χ4v) is 6.70. The monoisotopic (exact) mass is 509 g/mol. The number of nitrogens with zero attached hydrogens (tertiary/aromatic N) is 2. The number of ether oxygens (including phenoxy) is 3. The van der Waals surface area contributed by atoms with Crippen molar-refractivity contribution < 1.29 is 23.8 Å². The van der Waals surface area contributed by atoms with Crippen molar-refractivity contribution >= 4 is 11.8 Å². The highest BCUT2D eigenvalue weighted by atomic mass is 16.5. The first-order valence-corrected chi connectivity index (χ1v) is 13.7. The summed E-state index contributed by atoms with van der Waals surface area (Å²) in [6.07, 6.45) is 4.71. The number of allylic oxidation sites excluding steroid dienone is 1. The van der Waals surface area contributed by atoms with Crippen LogP contribution in [0.3, 0.4) is 0 Å². The first kappa shape index (κ1) is 24.9. The summed E-state index contributed by atoms with van der Waals surface area (Å²) in [5, 5.41) is 2.81. The molecule has 6 rings (SSSR count). The second kappa shape index (κ2) is 9.40. The molecule has 4 heterocycles. The number of carbonyl (C=O) groups excluding carboxylic acids is 2. The van der Waals surface area contributed by atoms with Gasteiger partial charge in [-0.3, -0.25) is 14.5 Å². The summed E-state index contributed by atoms with van der Waals surface area (Å²) in [5.74, 6) is 0.591. The van der Waals surface area contributed by atoms with Gasteiger partial charge in [-0.2, -0.15) is 0 Å². The molecule has 4 aliphatic heterocycles. The van der Waals surface area contributed by atoms with E-state index in [0.717, 1.165) is 75.8 Å². The molecule has 8 heteroatoms. The molecule has 1 N–H and O–H groups in total. The van der Waals surface area contributed by atoms with Gasteiger partial charge in [0.05, 0.1) is 26.4 Å². The molecule has 1 aromatic rings. The Hall–Kier alpha value is -2.42. The Balaban J connectivity index is 1.16. The van der Waals surface area contributed by atoms with Crippen molar-refractivity contribution in [2.75, 3.05) is 39.5 Å². The van der Waals surface area contributed by atoms with Gasteiger partial charge in [0, 0.05) is 47.8 Å². The molecule has 5 aliphatic rings. The molecule has 1 saturated carbocycles. The van der Waals surface area contributed by atoms with Crippen LogP contribution in [-0.2, 0) is 20.8 Å². The maximum Gasteiger partial charge on any atom is 0.255 e. The summed E-state index contributed by atoms with van der Waals surface area (Å²) in [4.78, 5) is 30.0. The second-order valence-corrected chi connectivity index (χ2v) is 12.6. The number of nitrogens with one attached hydrogen (secondary N) is 1. The number of amides is 2. The molecule has 3 saturated heterocycles. The van der Waals surface area contributed by atoms with Crippen LogP contribution in [0.5, 0.6) is 5.75 Å². The van der Waals surface area contributed by atoms with Gasteiger partial charge in [-0.05, 0) is 55.9 Å². The van der Waals surface area contributed by atoms with E-state index in [1.807, 2.05) is 18.2 Å². The summed E-state index contributed by atoms with van der Waals surface area (Å²) in [5.41, 5.74) is 2.72. The average Bonchev–Trinajstić information content (AvgIpc) is 3.41. The van der Waals surface area contributed by atoms with Gasteiger partial charge in [-0.1, -0.05) is 20.4 Å². The van der Waals surface area contributed by atoms with Gasteiger partial charge in [0.15, 0.2) is 0 Å². The van der Waals surface area contributed by atoms with Crippen LogP contribution in [-0.4, -0.2) is 79.3 Å². The van der Waals surface area contributed by atoms with Gasteiger partial charge in [0.2, 0.25) is 5.91 Å². The highest BCUT2D eigenvalue weighted by Crippen LogP contribution is 2.38. The van der Waals surface area contributed by atoms with E-state index in [1.54, 1.807) is 4.90 Å². The van der Waals surface area contributed by atoms with E-state index >= 15 is 0 Å². The standard InChI is InChI=1S/C29H39N3O5/c1-19-7-10-24(26(33)30-19)32-12-20-11-21(8-9-22(20)27(32)34)37-25-6-4-5-23(25)31(13-28(2)15-35-16-28)14-29(3)17-36-18-29/h8-9,11,23-25H,1,4-7,10,12-18H2,2-3H3,(H,30,33)/t23-,24?,25+/m0/s1. The summed E-state index contributed by atoms with van der Waals surface area (Å²) < 4.78 is 17.8. The molecule has 3 atom stereocenters. The molecule has 1 aromatic carbocycles. The van der Waals surface area contributed by atoms with Crippen molar-refractivity contribution in [3.05, 3.63) is 41.6 Å². The normalized spacial score (nSPS) is 30.1. The molecule has 0 radical (unpaired) electrons. The van der Waals surface area contributed by atoms with Crippen LogP contribution < -0.4 is 10.1 Å². The van der Waals surface area contributed by atoms with Crippen molar-refractivity contribution in [3.63, 3.8) is 0 Å². The number of benzene rings is 1. The molecule has 4 fully saturated rings. The zero-order valence-corrected chi connectivity index (χ0v) is 22.1. The lowest BCUT2D eigenvalue weighted by Crippen LogP contribution is -2.58. The molecule has 0 aromatic heterocycles. The predicted molar refractivity (Wildman–Crippen MR) is 138 cm³/mol. The largest absolute Gasteiger partial charge is 0.489 e. The number of hydrogen-bond donors (Lipinski definition) is 1. The summed E-state index contributed by atoms with van der Waals surface area (Å²) in [6, 6.07) is 5.70. The van der Waals surface area contributed by atoms with Crippen molar-refractivity contribution in [1.29, 1.82) is 0 Å². The van der Waals surface area contributed by atoms with Crippen molar-refractivity contribution in [3.8, 4) is 5.75 Å². The highest BCUT2D eigenvalue weighted by molar-refractivity contribution is 6.01. The third-order valence-electron chi connectivity index (χ3n) is 8.75. The van der Waals surface area contributed by atoms with Gasteiger partial charge in [0.25, 0.3) is 5.91 Å². The average molecular weight is 510 g/mol. The van der Waals surface area contributed by atoms with E-state index in [0.29, 0.717) is 31.0 Å². The molecule has 1 aliphatic carbocycles. The quantitative estimate of drug-likeness (QED) is 0.580. The zero-order valence-electron chi connectivity index (χ0n) is 22.1. The molecule has 2 amide bonds. The lowest BCUT2D eigenvalue weighted by Gasteiger charge is -2.49. The number of fused-ring (bicyclic) bond motifs is 1. The Kier molecular flexibility index (Phi) is 6.32. The highest BCUT2D eigenvalue weighted by Gasteiger charge is 2.45. The van der Waals surface area contributed by atoms with Crippen molar-refractivity contribution in [2.45, 2.75) is 70.7 Å². The maximum absolute atomic E-state index is 13.1. The Morgan fingerprint density at radius 1 is 1.08 bits per heavy atom. The molecule has 8 nitrogen and oxygen atoms in total. The number of piperidine rings is 1. The molecular formula is C29H39N3O5. The van der Waals surface area contributed by atoms with E-state index in [1.165, 1.54) is 0 Å². The first-order chi connectivity index (χ1) is 17.7. The van der Waals surface area contributed by atoms with Crippen LogP contribution >= 0.6 is 0 Å². The molecule has 37 heavy (non-hydrogen) atoms. The lowest BCUT2D eigenvalue weighted by atomic mass is 9.83. The lowest BCUT2D eigenvalue weighted by molar-refractivity contribution is -0.151. The number of hydrogen-bond acceptors (Lipinski definition) is 6. The van der Waals surface area contributed by atoms with Crippen LogP contribution in [0.4, 0.5) is 0 Å². The summed E-state index contributed by atoms with van der Waals surface area (Å²) in [6.45, 7) is 14.2. The predicted octanol–water partition coefficient (Wildman–Crippen LogP) is 3.11. The Labute approximate surface area is 219 Å². The van der Waals surface area contributed by atoms with Gasteiger partial charge < -0.3 is 24.4 Å². The Bertz CT molecular complexity index is 1070. The minimum Gasteiger partial charge on any atom is -0.489 e. The van der Waals surface area contributed by atoms with Crippen LogP contribution in [0.25, 0.3) is 0 Å². The van der Waals surface area contributed by atoms with E-state index in [2.05, 4.69) is 30.6 Å². The van der Waals surface area contributed by atoms with E-state index in [-0.39, 0.29) is 28.7 Å². The first-order valence-electron chi connectivity index (χ1n) is 13.7. The van der Waals surface area contributed by atoms with Crippen LogP contribution in [0.1, 0.15) is 61.9 Å². The topological polar surface area (TPSA) is 80.3 Å². The van der Waals surface area contributed by atoms with Crippen molar-refractivity contribution in [2.24, 2.45) is 10.8 Å². The van der Waals surface area contributed by atoms with Gasteiger partial charge in [0.1, 0.15) is 17.9 Å². The minimum atomic E-state index is -0.448. The third kappa shape index (κ3) is 4.79. The van der Waals surface area contributed by atoms with E-state index < -0.39 is 6.04 Å². The SMILES string of the molecule is C=C1CCC(N2Cc3cc(O[C@@H]4CCC[C@@H]4N(CC4(C)COC4)CC4(C)COC4)ccc3C2=O)C(=O)N1. The zero-order chi connectivity index (χ0) is 25.8. The van der Waals surface area contributed by atoms with E-state index in [9.17, 15) is 9.59 Å². The van der Waals surface area contributed by atoms with Gasteiger partial charge in [-0.15, -0.1) is 0 Å². The second-order valence-electron chi connectivity index (χ2n) is 12.6. The smallest absolute Gasteiger partial charge is 0.255 e. The summed E-state index contributed by atoms with van der Waals surface area (Å²) in [7, 11) is 0. The fourth-order valence-electron chi connectivity index (χ4n) is 6.70. The van der Waals surface area contributed by atoms with E-state index in [4.69, 9.17) is 14.2 Å². The molecule has 0 spiro atoms. The van der Waals surface area contributed by atoms with Gasteiger partial charge in [-0.25, -0.2) is 0 Å². The van der Waals surface area contributed by atoms with Crippen LogP contribution in [0.2, 0.25) is 0 Å². The number of rotatable bonds is 8. The van der Waals surface area contributed by atoms with Crippen LogP contribution in [0.15, 0.2) is 30.5 Å². The maximum atomic E-state index is 13.1. The molecule has 0 bridgehead atoms. The summed E-state index contributed by atoms with van der Waals surface area (Å²) >= 11 is 0. The molecule has 200 valence electrons. The van der Waals surface area contributed by atoms with Gasteiger partial charge >= 0.3 is 0 Å². The minimum absolute atomic E-state index is 0.0777. The Morgan fingerprint density at radius 3 is 2.41 bits per heavy atom. The third-order valence-corrected chi connectivity index (χ3v) is 8.75. The number of carbonyl (C=O) groups is 2. The molecule has 1 unspecified atom stereocenters. The van der Waals surface area contributed by atoms with Crippen LogP contribution in [0, 0.1) is 10.8 Å². The molecular weight excluding hydrogens is 470 g/mol. The fraction of sp³-hybridized carbons (Fsp3) is 0.655. The van der Waals surface area contributed by atoms with Crippen molar-refractivity contribution in [1.82, 2.24) is 15.1 Å².